The van der Waals surface area contributed by atoms with Crippen LogP contribution in [-0.4, -0.2) is 35.9 Å². The number of carbonyl (C=O) groups is 2. The molecule has 3 atom stereocenters. The van der Waals surface area contributed by atoms with Gasteiger partial charge in [0.2, 0.25) is 11.8 Å². The van der Waals surface area contributed by atoms with Crippen LogP contribution in [0.3, 0.4) is 0 Å². The summed E-state index contributed by atoms with van der Waals surface area (Å²) in [5.74, 6) is -0.476. The summed E-state index contributed by atoms with van der Waals surface area (Å²) in [6, 6.07) is 7.77. The fourth-order valence-electron chi connectivity index (χ4n) is 3.60. The van der Waals surface area contributed by atoms with E-state index in [9.17, 15) is 9.59 Å². The number of hydrogen-bond donors (Lipinski definition) is 4. The lowest BCUT2D eigenvalue weighted by molar-refractivity contribution is -0.128. The zero-order chi connectivity index (χ0) is 21.7. The molecule has 2 amide bonds. The summed E-state index contributed by atoms with van der Waals surface area (Å²) in [7, 11) is 1.71. The van der Waals surface area contributed by atoms with Gasteiger partial charge in [0.1, 0.15) is 11.0 Å². The molecule has 3 rings (SSSR count). The number of amides is 2. The quantitative estimate of drug-likeness (QED) is 0.516. The molecule has 162 valence electrons. The van der Waals surface area contributed by atoms with Crippen molar-refractivity contribution in [3.63, 3.8) is 0 Å². The van der Waals surface area contributed by atoms with Crippen LogP contribution in [0, 0.1) is 5.92 Å². The molecule has 0 spiro atoms. The first-order valence-corrected chi connectivity index (χ1v) is 11.3. The van der Waals surface area contributed by atoms with Gasteiger partial charge in [0.05, 0.1) is 18.3 Å². The standard InChI is InChI=1S/C22H31N5O2S/c1-13(2)19(27-20(28)14(3)23-4)21(29)26-18-12-24-22(30-18)25-17-11-7-9-15-8-5-6-10-16(15)17/h5-6,8,10,12-14,17,19,23H,7,9,11H2,1-4H3,(H,24,25)(H,26,29)(H,27,28). The van der Waals surface area contributed by atoms with E-state index in [0.717, 1.165) is 24.4 Å². The summed E-state index contributed by atoms with van der Waals surface area (Å²) in [5.41, 5.74) is 2.71. The molecule has 1 aliphatic carbocycles. The Morgan fingerprint density at radius 1 is 1.17 bits per heavy atom. The highest BCUT2D eigenvalue weighted by atomic mass is 32.1. The maximum atomic E-state index is 12.8. The van der Waals surface area contributed by atoms with Gasteiger partial charge < -0.3 is 21.3 Å². The molecule has 3 unspecified atom stereocenters. The number of nitrogens with zero attached hydrogens (tertiary/aromatic N) is 1. The summed E-state index contributed by atoms with van der Waals surface area (Å²) in [4.78, 5) is 29.4. The monoisotopic (exact) mass is 429 g/mol. The second-order valence-electron chi connectivity index (χ2n) is 8.05. The van der Waals surface area contributed by atoms with Crippen LogP contribution < -0.4 is 21.3 Å². The lowest BCUT2D eigenvalue weighted by Gasteiger charge is -2.26. The highest BCUT2D eigenvalue weighted by Gasteiger charge is 2.26. The minimum atomic E-state index is -0.614. The smallest absolute Gasteiger partial charge is 0.247 e. The number of carbonyl (C=O) groups excluding carboxylic acids is 2. The van der Waals surface area contributed by atoms with Gasteiger partial charge in [-0.15, -0.1) is 0 Å². The first-order valence-electron chi connectivity index (χ1n) is 10.5. The SMILES string of the molecule is CNC(C)C(=O)NC(C(=O)Nc1cnc(NC2CCCc3ccccc32)s1)C(C)C. The van der Waals surface area contributed by atoms with Crippen molar-refractivity contribution in [2.75, 3.05) is 17.7 Å². The Labute approximate surface area is 182 Å². The van der Waals surface area contributed by atoms with Crippen LogP contribution >= 0.6 is 11.3 Å². The Hall–Kier alpha value is -2.45. The van der Waals surface area contributed by atoms with Crippen LogP contribution in [0.15, 0.2) is 30.5 Å². The first-order chi connectivity index (χ1) is 14.4. The largest absolute Gasteiger partial charge is 0.355 e. The summed E-state index contributed by atoms with van der Waals surface area (Å²) in [5, 5.41) is 13.6. The van der Waals surface area contributed by atoms with Gasteiger partial charge >= 0.3 is 0 Å². The Bertz CT molecular complexity index is 882. The summed E-state index contributed by atoms with van der Waals surface area (Å²) >= 11 is 1.41. The third-order valence-electron chi connectivity index (χ3n) is 5.49. The molecule has 0 bridgehead atoms. The second-order valence-corrected chi connectivity index (χ2v) is 9.08. The molecule has 0 radical (unpaired) electrons. The molecule has 0 saturated carbocycles. The zero-order valence-electron chi connectivity index (χ0n) is 18.0. The number of nitrogens with one attached hydrogen (secondary N) is 4. The number of fused-ring (bicyclic) bond motifs is 1. The molecular formula is C22H31N5O2S. The molecule has 0 saturated heterocycles. The maximum Gasteiger partial charge on any atom is 0.247 e. The molecule has 1 aromatic heterocycles. The fourth-order valence-corrected chi connectivity index (χ4v) is 4.37. The van der Waals surface area contributed by atoms with E-state index in [-0.39, 0.29) is 29.8 Å². The predicted molar refractivity (Wildman–Crippen MR) is 122 cm³/mol. The maximum absolute atomic E-state index is 12.8. The number of rotatable bonds is 8. The zero-order valence-corrected chi connectivity index (χ0v) is 18.8. The highest BCUT2D eigenvalue weighted by molar-refractivity contribution is 7.19. The molecule has 30 heavy (non-hydrogen) atoms. The Kier molecular flexibility index (Phi) is 7.44. The fraction of sp³-hybridized carbons (Fsp3) is 0.500. The van der Waals surface area contributed by atoms with Crippen LogP contribution in [0.5, 0.6) is 0 Å². The van der Waals surface area contributed by atoms with E-state index in [1.54, 1.807) is 20.2 Å². The number of aromatic nitrogens is 1. The number of benzene rings is 1. The normalized spacial score (nSPS) is 17.7. The minimum absolute atomic E-state index is 0.0396. The number of likely N-dealkylation sites (N-methyl/N-ethyl adjacent to an activating group) is 1. The van der Waals surface area contributed by atoms with Crippen molar-refractivity contribution < 1.29 is 9.59 Å². The van der Waals surface area contributed by atoms with Crippen LogP contribution in [0.4, 0.5) is 10.1 Å². The molecular weight excluding hydrogens is 398 g/mol. The van der Waals surface area contributed by atoms with E-state index in [1.807, 2.05) is 13.8 Å². The molecule has 0 aliphatic heterocycles. The van der Waals surface area contributed by atoms with Crippen LogP contribution in [-0.2, 0) is 16.0 Å². The van der Waals surface area contributed by atoms with Crippen LogP contribution in [0.2, 0.25) is 0 Å². The average molecular weight is 430 g/mol. The second kappa shape index (κ2) is 10.0. The van der Waals surface area contributed by atoms with Gasteiger partial charge in [-0.25, -0.2) is 4.98 Å². The highest BCUT2D eigenvalue weighted by Crippen LogP contribution is 2.34. The van der Waals surface area contributed by atoms with Gasteiger partial charge in [-0.3, -0.25) is 9.59 Å². The summed E-state index contributed by atoms with van der Waals surface area (Å²) < 4.78 is 0. The molecule has 0 fully saturated rings. The topological polar surface area (TPSA) is 95.2 Å². The van der Waals surface area contributed by atoms with Crippen molar-refractivity contribution in [3.8, 4) is 0 Å². The molecule has 1 aliphatic rings. The van der Waals surface area contributed by atoms with E-state index in [2.05, 4.69) is 50.5 Å². The predicted octanol–water partition coefficient (Wildman–Crippen LogP) is 3.32. The summed E-state index contributed by atoms with van der Waals surface area (Å²) in [6.07, 6.45) is 4.98. The van der Waals surface area contributed by atoms with Crippen molar-refractivity contribution in [2.24, 2.45) is 5.92 Å². The molecule has 7 nitrogen and oxygen atoms in total. The molecule has 1 aromatic carbocycles. The van der Waals surface area contributed by atoms with Gasteiger partial charge in [-0.1, -0.05) is 49.4 Å². The van der Waals surface area contributed by atoms with Crippen molar-refractivity contribution in [2.45, 2.75) is 58.2 Å². The van der Waals surface area contributed by atoms with Crippen molar-refractivity contribution >= 4 is 33.3 Å². The van der Waals surface area contributed by atoms with Gasteiger partial charge in [-0.2, -0.15) is 0 Å². The summed E-state index contributed by atoms with van der Waals surface area (Å²) in [6.45, 7) is 5.58. The van der Waals surface area contributed by atoms with Gasteiger partial charge in [0.25, 0.3) is 0 Å². The van der Waals surface area contributed by atoms with E-state index >= 15 is 0 Å². The van der Waals surface area contributed by atoms with E-state index < -0.39 is 6.04 Å². The third-order valence-corrected chi connectivity index (χ3v) is 6.34. The van der Waals surface area contributed by atoms with E-state index in [1.165, 1.54) is 22.5 Å². The third kappa shape index (κ3) is 5.37. The Morgan fingerprint density at radius 2 is 1.93 bits per heavy atom. The van der Waals surface area contributed by atoms with E-state index in [4.69, 9.17) is 0 Å². The average Bonchev–Trinajstić information content (AvgIpc) is 3.17. The number of anilines is 2. The van der Waals surface area contributed by atoms with E-state index in [0.29, 0.717) is 5.00 Å². The van der Waals surface area contributed by atoms with Crippen LogP contribution in [0.1, 0.15) is 50.8 Å². The van der Waals surface area contributed by atoms with Crippen molar-refractivity contribution in [1.82, 2.24) is 15.6 Å². The Balaban J connectivity index is 1.63. The number of thiazole rings is 1. The first kappa shape index (κ1) is 22.2. The molecule has 4 N–H and O–H groups in total. The van der Waals surface area contributed by atoms with Gasteiger partial charge in [0, 0.05) is 0 Å². The number of aryl methyl sites for hydroxylation is 1. The van der Waals surface area contributed by atoms with Crippen LogP contribution in [0.25, 0.3) is 0 Å². The van der Waals surface area contributed by atoms with Gasteiger partial charge in [-0.05, 0) is 50.3 Å². The molecule has 2 aromatic rings. The minimum Gasteiger partial charge on any atom is -0.355 e. The lowest BCUT2D eigenvalue weighted by Crippen LogP contribution is -2.51. The molecule has 1 heterocycles. The van der Waals surface area contributed by atoms with Crippen molar-refractivity contribution in [3.05, 3.63) is 41.6 Å². The van der Waals surface area contributed by atoms with Gasteiger partial charge in [0.15, 0.2) is 5.13 Å². The molecule has 8 heteroatoms. The number of hydrogen-bond acceptors (Lipinski definition) is 6. The lowest BCUT2D eigenvalue weighted by atomic mass is 9.88. The Morgan fingerprint density at radius 3 is 2.67 bits per heavy atom. The van der Waals surface area contributed by atoms with Crippen molar-refractivity contribution in [1.29, 1.82) is 0 Å².